The van der Waals surface area contributed by atoms with Crippen LogP contribution >= 0.6 is 0 Å². The molecule has 3 aromatic rings. The second-order valence-corrected chi connectivity index (χ2v) is 10.6. The summed E-state index contributed by atoms with van der Waals surface area (Å²) in [6, 6.07) is 6.89. The first-order valence-corrected chi connectivity index (χ1v) is 12.5. The van der Waals surface area contributed by atoms with Crippen LogP contribution in [0.5, 0.6) is 0 Å². The van der Waals surface area contributed by atoms with Crippen LogP contribution in [0.1, 0.15) is 54.3 Å². The van der Waals surface area contributed by atoms with Crippen molar-refractivity contribution in [2.24, 2.45) is 0 Å². The molecule has 0 radical (unpaired) electrons. The number of carbonyl (C=O) groups excluding carboxylic acids is 1. The van der Waals surface area contributed by atoms with Crippen molar-refractivity contribution in [3.63, 3.8) is 0 Å². The molecule has 0 saturated carbocycles. The van der Waals surface area contributed by atoms with Gasteiger partial charge in [0, 0.05) is 32.4 Å². The first-order valence-electron chi connectivity index (χ1n) is 11.1. The number of pyridine rings is 2. The zero-order chi connectivity index (χ0) is 23.9. The van der Waals surface area contributed by atoms with Crippen molar-refractivity contribution in [2.45, 2.75) is 45.8 Å². The van der Waals surface area contributed by atoms with E-state index in [2.05, 4.69) is 30.8 Å². The molecule has 5 rings (SSSR count). The van der Waals surface area contributed by atoms with Crippen molar-refractivity contribution in [3.05, 3.63) is 47.3 Å². The van der Waals surface area contributed by atoms with E-state index in [-0.39, 0.29) is 24.8 Å². The zero-order valence-corrected chi connectivity index (χ0v) is 19.7. The van der Waals surface area contributed by atoms with Crippen molar-refractivity contribution in [2.75, 3.05) is 18.4 Å². The first-order chi connectivity index (χ1) is 16.3. The highest BCUT2D eigenvalue weighted by Crippen LogP contribution is 2.28. The van der Waals surface area contributed by atoms with E-state index in [0.29, 0.717) is 30.4 Å². The summed E-state index contributed by atoms with van der Waals surface area (Å²) < 4.78 is 30.4. The summed E-state index contributed by atoms with van der Waals surface area (Å²) in [5.41, 5.74) is 2.31. The predicted molar refractivity (Wildman–Crippen MR) is 123 cm³/mol. The van der Waals surface area contributed by atoms with Gasteiger partial charge < -0.3 is 5.32 Å². The number of rotatable bonds is 6. The summed E-state index contributed by atoms with van der Waals surface area (Å²) >= 11 is 0. The number of nitrogens with zero attached hydrogens (tertiary/aromatic N) is 8. The smallest absolute Gasteiger partial charge is 0.282 e. The number of amides is 1. The predicted octanol–water partition coefficient (Wildman–Crippen LogP) is 1.62. The topological polar surface area (TPSA) is 139 Å². The van der Waals surface area contributed by atoms with E-state index in [4.69, 9.17) is 0 Å². The average Bonchev–Trinajstić information content (AvgIpc) is 3.59. The van der Waals surface area contributed by atoms with Crippen LogP contribution < -0.4 is 5.32 Å². The van der Waals surface area contributed by atoms with Crippen molar-refractivity contribution >= 4 is 21.9 Å². The second kappa shape index (κ2) is 8.81. The molecular weight excluding hydrogens is 458 g/mol. The maximum atomic E-state index is 12.9. The molecule has 0 bridgehead atoms. The van der Waals surface area contributed by atoms with Crippen LogP contribution in [0.2, 0.25) is 0 Å². The first kappa shape index (κ1) is 22.5. The lowest BCUT2D eigenvalue weighted by Gasteiger charge is -2.22. The number of tetrazole rings is 1. The highest BCUT2D eigenvalue weighted by Gasteiger charge is 2.35. The number of nitrogens with one attached hydrogen (secondary N) is 1. The van der Waals surface area contributed by atoms with Gasteiger partial charge in [-0.3, -0.25) is 9.78 Å². The Morgan fingerprint density at radius 3 is 2.62 bits per heavy atom. The molecule has 0 atom stereocenters. The molecule has 2 aliphatic heterocycles. The summed E-state index contributed by atoms with van der Waals surface area (Å²) in [6.07, 6.45) is 3.34. The molecule has 0 unspecified atom stereocenters. The Balaban J connectivity index is 1.32. The Labute approximate surface area is 197 Å². The minimum absolute atomic E-state index is 0.0505. The Morgan fingerprint density at radius 2 is 1.85 bits per heavy atom. The number of anilines is 1. The van der Waals surface area contributed by atoms with Gasteiger partial charge >= 0.3 is 0 Å². The largest absolute Gasteiger partial charge is 0.305 e. The molecular formula is C21H25N9O3S. The van der Waals surface area contributed by atoms with Gasteiger partial charge in [-0.2, -0.15) is 17.0 Å². The zero-order valence-electron chi connectivity index (χ0n) is 18.9. The maximum absolute atomic E-state index is 12.9. The van der Waals surface area contributed by atoms with Crippen molar-refractivity contribution < 1.29 is 13.2 Å². The van der Waals surface area contributed by atoms with Crippen LogP contribution in [0.25, 0.3) is 11.5 Å². The van der Waals surface area contributed by atoms with E-state index in [1.807, 2.05) is 13.8 Å². The fourth-order valence-corrected chi connectivity index (χ4v) is 5.79. The molecule has 0 spiro atoms. The molecule has 1 fully saturated rings. The average molecular weight is 484 g/mol. The Hall–Kier alpha value is -3.29. The molecule has 0 aromatic carbocycles. The SMILES string of the molecule is CC(C)n1nnnc1-c1cccc(NC(=O)c2cc3c(cn2)CN(S(=O)(=O)N2CCCC2)C3)n1. The highest BCUT2D eigenvalue weighted by molar-refractivity contribution is 7.86. The third kappa shape index (κ3) is 4.17. The van der Waals surface area contributed by atoms with E-state index in [1.54, 1.807) is 35.1 Å². The number of carbonyl (C=O) groups is 1. The van der Waals surface area contributed by atoms with Gasteiger partial charge in [0.05, 0.1) is 6.04 Å². The lowest BCUT2D eigenvalue weighted by Crippen LogP contribution is -2.39. The lowest BCUT2D eigenvalue weighted by atomic mass is 10.1. The van der Waals surface area contributed by atoms with Crippen LogP contribution in [0.15, 0.2) is 30.5 Å². The second-order valence-electron chi connectivity index (χ2n) is 8.62. The molecule has 1 N–H and O–H groups in total. The summed E-state index contributed by atoms with van der Waals surface area (Å²) in [4.78, 5) is 21.6. The van der Waals surface area contributed by atoms with Gasteiger partial charge in [-0.25, -0.2) is 9.67 Å². The molecule has 0 aliphatic carbocycles. The van der Waals surface area contributed by atoms with Gasteiger partial charge in [0.1, 0.15) is 17.2 Å². The van der Waals surface area contributed by atoms with Gasteiger partial charge in [0.15, 0.2) is 0 Å². The maximum Gasteiger partial charge on any atom is 0.282 e. The molecule has 1 amide bonds. The van der Waals surface area contributed by atoms with E-state index in [9.17, 15) is 13.2 Å². The molecule has 34 heavy (non-hydrogen) atoms. The Morgan fingerprint density at radius 1 is 1.09 bits per heavy atom. The fraction of sp³-hybridized carbons (Fsp3) is 0.429. The van der Waals surface area contributed by atoms with E-state index < -0.39 is 16.1 Å². The van der Waals surface area contributed by atoms with E-state index >= 15 is 0 Å². The third-order valence-electron chi connectivity index (χ3n) is 5.93. The summed E-state index contributed by atoms with van der Waals surface area (Å²) in [5, 5.41) is 14.5. The van der Waals surface area contributed by atoms with E-state index in [1.165, 1.54) is 8.61 Å². The van der Waals surface area contributed by atoms with Gasteiger partial charge in [0.2, 0.25) is 5.82 Å². The number of aromatic nitrogens is 6. The summed E-state index contributed by atoms with van der Waals surface area (Å²) in [7, 11) is -3.51. The van der Waals surface area contributed by atoms with Gasteiger partial charge in [-0.05, 0) is 66.4 Å². The summed E-state index contributed by atoms with van der Waals surface area (Å²) in [6.45, 7) is 5.51. The van der Waals surface area contributed by atoms with Crippen LogP contribution in [-0.4, -0.2) is 66.2 Å². The standard InChI is InChI=1S/C21H25N9O3S/c1-14(2)30-20(25-26-27-30)17-6-5-7-19(23-17)24-21(31)18-10-15-12-29(13-16(15)11-22-18)34(32,33)28-8-3-4-9-28/h5-7,10-11,14H,3-4,8-9,12-13H2,1-2H3,(H,23,24,31). The Bertz CT molecular complexity index is 1330. The number of hydrogen-bond donors (Lipinski definition) is 1. The van der Waals surface area contributed by atoms with Crippen LogP contribution in [-0.2, 0) is 23.3 Å². The lowest BCUT2D eigenvalue weighted by molar-refractivity contribution is 0.102. The Kier molecular flexibility index (Phi) is 5.83. The quantitative estimate of drug-likeness (QED) is 0.558. The van der Waals surface area contributed by atoms with Gasteiger partial charge in [-0.15, -0.1) is 5.10 Å². The molecule has 13 heteroatoms. The minimum Gasteiger partial charge on any atom is -0.305 e. The highest BCUT2D eigenvalue weighted by atomic mass is 32.2. The normalized spacial score (nSPS) is 16.8. The van der Waals surface area contributed by atoms with Crippen molar-refractivity contribution in [1.82, 2.24) is 38.8 Å². The van der Waals surface area contributed by atoms with E-state index in [0.717, 1.165) is 24.0 Å². The van der Waals surface area contributed by atoms with Gasteiger partial charge in [0.25, 0.3) is 16.1 Å². The van der Waals surface area contributed by atoms with Crippen molar-refractivity contribution in [3.8, 4) is 11.5 Å². The minimum atomic E-state index is -3.51. The molecule has 12 nitrogen and oxygen atoms in total. The fourth-order valence-electron chi connectivity index (χ4n) is 4.14. The molecule has 178 valence electrons. The summed E-state index contributed by atoms with van der Waals surface area (Å²) in [5.74, 6) is 0.402. The number of hydrogen-bond acceptors (Lipinski definition) is 8. The van der Waals surface area contributed by atoms with Crippen LogP contribution in [0, 0.1) is 0 Å². The van der Waals surface area contributed by atoms with Crippen molar-refractivity contribution in [1.29, 1.82) is 0 Å². The van der Waals surface area contributed by atoms with Gasteiger partial charge in [-0.1, -0.05) is 6.07 Å². The van der Waals surface area contributed by atoms with Crippen LogP contribution in [0.3, 0.4) is 0 Å². The monoisotopic (exact) mass is 483 g/mol. The third-order valence-corrected chi connectivity index (χ3v) is 7.86. The molecule has 1 saturated heterocycles. The molecule has 5 heterocycles. The number of fused-ring (bicyclic) bond motifs is 1. The molecule has 2 aliphatic rings. The van der Waals surface area contributed by atoms with Crippen LogP contribution in [0.4, 0.5) is 5.82 Å². The molecule has 3 aromatic heterocycles.